The molecule has 1 saturated heterocycles. The number of esters is 1. The molecule has 1 aromatic carbocycles. The third-order valence-corrected chi connectivity index (χ3v) is 2.79. The molecule has 1 aromatic rings. The topological polar surface area (TPSA) is 90.7 Å². The van der Waals surface area contributed by atoms with Gasteiger partial charge in [0.25, 0.3) is 0 Å². The first-order valence-corrected chi connectivity index (χ1v) is 5.65. The maximum Gasteiger partial charge on any atom is 0.318 e. The van der Waals surface area contributed by atoms with Crippen molar-refractivity contribution in [1.82, 2.24) is 0 Å². The monoisotopic (exact) mass is 245 g/mol. The van der Waals surface area contributed by atoms with Crippen molar-refractivity contribution in [2.75, 3.05) is 0 Å². The minimum atomic E-state index is -0.249. The first kappa shape index (κ1) is 12.2. The van der Waals surface area contributed by atoms with Crippen LogP contribution in [-0.4, -0.2) is 11.9 Å². The van der Waals surface area contributed by atoms with E-state index in [-0.39, 0.29) is 17.8 Å². The number of rotatable bonds is 2. The van der Waals surface area contributed by atoms with Crippen molar-refractivity contribution in [2.24, 2.45) is 16.5 Å². The average molecular weight is 245 g/mol. The van der Waals surface area contributed by atoms with Gasteiger partial charge in [0.15, 0.2) is 5.96 Å². The molecule has 2 rings (SSSR count). The fourth-order valence-electron chi connectivity index (χ4n) is 1.92. The molecule has 0 radical (unpaired) electrons. The Morgan fingerprint density at radius 1 is 1.33 bits per heavy atom. The summed E-state index contributed by atoms with van der Waals surface area (Å²) in [5, 5.41) is 0. The highest BCUT2D eigenvalue weighted by molar-refractivity contribution is 5.81. The van der Waals surface area contributed by atoms with Crippen molar-refractivity contribution in [3.63, 3.8) is 0 Å². The van der Waals surface area contributed by atoms with E-state index in [1.165, 1.54) is 0 Å². The number of aliphatic imine (C=N–C) groups is 1. The van der Waals surface area contributed by atoms with Crippen LogP contribution in [-0.2, 0) is 9.53 Å². The number of nitrogens with two attached hydrogens (primary N) is 2. The van der Waals surface area contributed by atoms with Gasteiger partial charge in [-0.25, -0.2) is 4.99 Å². The van der Waals surface area contributed by atoms with E-state index in [1.807, 2.05) is 12.1 Å². The van der Waals surface area contributed by atoms with Gasteiger partial charge in [0.05, 0.1) is 11.6 Å². The molecule has 0 spiro atoms. The fraction of sp³-hybridized carbons (Fsp3) is 0.231. The summed E-state index contributed by atoms with van der Waals surface area (Å²) in [4.78, 5) is 15.6. The van der Waals surface area contributed by atoms with Gasteiger partial charge < -0.3 is 16.2 Å². The molecule has 0 aromatic heterocycles. The zero-order chi connectivity index (χ0) is 13.1. The molecule has 5 heteroatoms. The average Bonchev–Trinajstić information content (AvgIpc) is 2.30. The van der Waals surface area contributed by atoms with Crippen LogP contribution in [0.3, 0.4) is 0 Å². The molecular weight excluding hydrogens is 230 g/mol. The molecule has 1 aliphatic rings. The Bertz CT molecular complexity index is 501. The zero-order valence-electron chi connectivity index (χ0n) is 9.93. The number of allylic oxidation sites excluding steroid dienone is 1. The summed E-state index contributed by atoms with van der Waals surface area (Å²) >= 11 is 0. The molecule has 18 heavy (non-hydrogen) atoms. The normalized spacial score (nSPS) is 19.2. The SMILES string of the molecule is C=C1CC[C@@H](c2ccc(N=C(N)N)cc2)C(=O)O1. The zero-order valence-corrected chi connectivity index (χ0v) is 9.93. The van der Waals surface area contributed by atoms with Crippen molar-refractivity contribution in [2.45, 2.75) is 18.8 Å². The molecule has 5 nitrogen and oxygen atoms in total. The van der Waals surface area contributed by atoms with Crippen molar-refractivity contribution >= 4 is 17.6 Å². The molecular formula is C13H15N3O2. The van der Waals surface area contributed by atoms with Crippen molar-refractivity contribution < 1.29 is 9.53 Å². The summed E-state index contributed by atoms with van der Waals surface area (Å²) in [6, 6.07) is 7.21. The van der Waals surface area contributed by atoms with Crippen LogP contribution in [0, 0.1) is 0 Å². The highest BCUT2D eigenvalue weighted by atomic mass is 16.5. The van der Waals surface area contributed by atoms with Crippen LogP contribution in [0.2, 0.25) is 0 Å². The van der Waals surface area contributed by atoms with E-state index < -0.39 is 0 Å². The number of guanidine groups is 1. The highest BCUT2D eigenvalue weighted by Crippen LogP contribution is 2.31. The number of hydrogen-bond acceptors (Lipinski definition) is 3. The molecule has 1 heterocycles. The summed E-state index contributed by atoms with van der Waals surface area (Å²) in [5.74, 6) is 0.0640. The predicted molar refractivity (Wildman–Crippen MR) is 69.1 cm³/mol. The van der Waals surface area contributed by atoms with Gasteiger partial charge in [-0.15, -0.1) is 0 Å². The maximum atomic E-state index is 11.7. The minimum absolute atomic E-state index is 0.0103. The van der Waals surface area contributed by atoms with Crippen molar-refractivity contribution in [1.29, 1.82) is 0 Å². The third-order valence-electron chi connectivity index (χ3n) is 2.79. The number of cyclic esters (lactones) is 1. The van der Waals surface area contributed by atoms with E-state index in [9.17, 15) is 4.79 Å². The minimum Gasteiger partial charge on any atom is -0.431 e. The Kier molecular flexibility index (Phi) is 3.32. The third kappa shape index (κ3) is 2.68. The molecule has 0 aliphatic carbocycles. The van der Waals surface area contributed by atoms with E-state index >= 15 is 0 Å². The van der Waals surface area contributed by atoms with E-state index in [0.717, 1.165) is 12.0 Å². The maximum absolute atomic E-state index is 11.7. The van der Waals surface area contributed by atoms with Gasteiger partial charge >= 0.3 is 5.97 Å². The molecule has 1 fully saturated rings. The molecule has 4 N–H and O–H groups in total. The summed E-state index contributed by atoms with van der Waals surface area (Å²) in [6.07, 6.45) is 1.42. The summed E-state index contributed by atoms with van der Waals surface area (Å²) in [6.45, 7) is 3.65. The molecule has 94 valence electrons. The van der Waals surface area contributed by atoms with Crippen LogP contribution in [0.5, 0.6) is 0 Å². The number of carbonyl (C=O) groups excluding carboxylic acids is 1. The number of nitrogens with zero attached hydrogens (tertiary/aromatic N) is 1. The lowest BCUT2D eigenvalue weighted by Gasteiger charge is -2.22. The van der Waals surface area contributed by atoms with Gasteiger partial charge in [0.2, 0.25) is 0 Å². The van der Waals surface area contributed by atoms with Gasteiger partial charge in [-0.05, 0) is 24.1 Å². The van der Waals surface area contributed by atoms with Gasteiger partial charge in [0, 0.05) is 6.42 Å². The standard InChI is InChI=1S/C13H15N3O2/c1-8-2-7-11(12(17)18-8)9-3-5-10(6-4-9)16-13(14)15/h3-6,11H,1-2,7H2,(H4,14,15,16)/t11-/m0/s1. The number of carbonyl (C=O) groups is 1. The van der Waals surface area contributed by atoms with Crippen LogP contribution in [0.25, 0.3) is 0 Å². The van der Waals surface area contributed by atoms with Crippen LogP contribution >= 0.6 is 0 Å². The predicted octanol–water partition coefficient (Wildman–Crippen LogP) is 1.53. The number of benzene rings is 1. The van der Waals surface area contributed by atoms with E-state index in [4.69, 9.17) is 16.2 Å². The van der Waals surface area contributed by atoms with Crippen molar-refractivity contribution in [3.05, 3.63) is 42.2 Å². The molecule has 1 atom stereocenters. The lowest BCUT2D eigenvalue weighted by atomic mass is 9.92. The highest BCUT2D eigenvalue weighted by Gasteiger charge is 2.27. The Morgan fingerprint density at radius 3 is 2.56 bits per heavy atom. The lowest BCUT2D eigenvalue weighted by Crippen LogP contribution is -2.22. The second-order valence-electron chi connectivity index (χ2n) is 4.18. The second-order valence-corrected chi connectivity index (χ2v) is 4.18. The first-order valence-electron chi connectivity index (χ1n) is 5.65. The van der Waals surface area contributed by atoms with E-state index in [1.54, 1.807) is 12.1 Å². The summed E-state index contributed by atoms with van der Waals surface area (Å²) < 4.78 is 5.05. The Morgan fingerprint density at radius 2 is 2.00 bits per heavy atom. The van der Waals surface area contributed by atoms with Gasteiger partial charge in [0.1, 0.15) is 5.76 Å². The molecule has 0 saturated carbocycles. The van der Waals surface area contributed by atoms with Crippen LogP contribution in [0.4, 0.5) is 5.69 Å². The fourth-order valence-corrected chi connectivity index (χ4v) is 1.92. The molecule has 0 unspecified atom stereocenters. The van der Waals surface area contributed by atoms with Crippen LogP contribution in [0.1, 0.15) is 24.3 Å². The van der Waals surface area contributed by atoms with Crippen LogP contribution < -0.4 is 11.5 Å². The summed E-state index contributed by atoms with van der Waals surface area (Å²) in [5.41, 5.74) is 12.1. The van der Waals surface area contributed by atoms with Crippen molar-refractivity contribution in [3.8, 4) is 0 Å². The van der Waals surface area contributed by atoms with Gasteiger partial charge in [-0.2, -0.15) is 0 Å². The quantitative estimate of drug-likeness (QED) is 0.469. The number of ether oxygens (including phenoxy) is 1. The Labute approximate surface area is 105 Å². The second kappa shape index (κ2) is 4.91. The number of hydrogen-bond donors (Lipinski definition) is 2. The smallest absolute Gasteiger partial charge is 0.318 e. The molecule has 1 aliphatic heterocycles. The molecule has 0 amide bonds. The summed E-state index contributed by atoms with van der Waals surface area (Å²) in [7, 11) is 0. The molecule has 0 bridgehead atoms. The van der Waals surface area contributed by atoms with E-state index in [0.29, 0.717) is 17.9 Å². The Balaban J connectivity index is 2.17. The van der Waals surface area contributed by atoms with Gasteiger partial charge in [-0.3, -0.25) is 4.79 Å². The lowest BCUT2D eigenvalue weighted by molar-refractivity contribution is -0.143. The van der Waals surface area contributed by atoms with E-state index in [2.05, 4.69) is 11.6 Å². The Hall–Kier alpha value is -2.30. The van der Waals surface area contributed by atoms with Crippen LogP contribution in [0.15, 0.2) is 41.6 Å². The largest absolute Gasteiger partial charge is 0.431 e. The first-order chi connectivity index (χ1) is 8.56. The van der Waals surface area contributed by atoms with Gasteiger partial charge in [-0.1, -0.05) is 18.7 Å².